The summed E-state index contributed by atoms with van der Waals surface area (Å²) in [4.78, 5) is 15.4. The second-order valence-electron chi connectivity index (χ2n) is 5.59. The van der Waals surface area contributed by atoms with Crippen molar-refractivity contribution < 1.29 is 36.2 Å². The van der Waals surface area contributed by atoms with Gasteiger partial charge in [0.05, 0.1) is 5.69 Å². The zero-order valence-electron chi connectivity index (χ0n) is 16.3. The number of halogens is 5. The first kappa shape index (κ1) is 24.1. The minimum atomic E-state index is -4.78. The van der Waals surface area contributed by atoms with Gasteiger partial charge in [-0.25, -0.2) is 13.8 Å². The van der Waals surface area contributed by atoms with Crippen molar-refractivity contribution in [2.24, 2.45) is 5.73 Å². The van der Waals surface area contributed by atoms with E-state index < -0.39 is 29.5 Å². The first-order valence-corrected chi connectivity index (χ1v) is 9.73. The highest BCUT2D eigenvalue weighted by atomic mass is 32.1. The van der Waals surface area contributed by atoms with E-state index in [9.17, 15) is 26.7 Å². The van der Waals surface area contributed by atoms with Gasteiger partial charge in [0.25, 0.3) is 5.91 Å². The molecule has 1 heterocycles. The third-order valence-electron chi connectivity index (χ3n) is 3.59. The summed E-state index contributed by atoms with van der Waals surface area (Å²) in [7, 11) is 0. The molecule has 2 N–H and O–H groups in total. The Bertz CT molecular complexity index is 1040. The predicted molar refractivity (Wildman–Crippen MR) is 105 cm³/mol. The lowest BCUT2D eigenvalue weighted by Gasteiger charge is -2.09. The van der Waals surface area contributed by atoms with Gasteiger partial charge in [-0.1, -0.05) is 13.8 Å². The third kappa shape index (κ3) is 6.38. The number of ether oxygens (including phenoxy) is 2. The maximum atomic E-state index is 14.1. The molecule has 0 saturated carbocycles. The number of nitrogens with two attached hydrogens (primary N) is 1. The molecule has 1 amide bonds. The van der Waals surface area contributed by atoms with Gasteiger partial charge in [0.1, 0.15) is 28.7 Å². The van der Waals surface area contributed by atoms with Crippen molar-refractivity contribution in [2.75, 3.05) is 0 Å². The Kier molecular flexibility index (Phi) is 7.92. The van der Waals surface area contributed by atoms with Crippen LogP contribution < -0.4 is 15.2 Å². The highest BCUT2D eigenvalue weighted by Crippen LogP contribution is 2.28. The quantitative estimate of drug-likeness (QED) is 0.480. The number of nitrogens with zero attached hydrogens (tertiary/aromatic N) is 1. The lowest BCUT2D eigenvalue weighted by molar-refractivity contribution is -0.274. The predicted octanol–water partition coefficient (Wildman–Crippen LogP) is 5.69. The van der Waals surface area contributed by atoms with Crippen LogP contribution in [0.25, 0.3) is 11.3 Å². The smallest absolute Gasteiger partial charge is 0.483 e. The van der Waals surface area contributed by atoms with Crippen molar-refractivity contribution in [3.8, 4) is 22.8 Å². The van der Waals surface area contributed by atoms with E-state index in [0.29, 0.717) is 16.3 Å². The van der Waals surface area contributed by atoms with Crippen molar-refractivity contribution in [1.82, 2.24) is 4.98 Å². The molecule has 166 valence electrons. The summed E-state index contributed by atoms with van der Waals surface area (Å²) in [6, 6.07) is 6.98. The van der Waals surface area contributed by atoms with Crippen LogP contribution >= 0.6 is 11.3 Å². The molecule has 11 heteroatoms. The fourth-order valence-corrected chi connectivity index (χ4v) is 3.06. The van der Waals surface area contributed by atoms with E-state index in [1.807, 2.05) is 13.8 Å². The minimum Gasteiger partial charge on any atom is -0.483 e. The summed E-state index contributed by atoms with van der Waals surface area (Å²) in [5, 5.41) is 2.05. The van der Waals surface area contributed by atoms with Crippen LogP contribution in [0.15, 0.2) is 41.8 Å². The second kappa shape index (κ2) is 10.2. The number of hydrogen-bond donors (Lipinski definition) is 1. The van der Waals surface area contributed by atoms with Gasteiger partial charge >= 0.3 is 6.36 Å². The number of hydrogen-bond acceptors (Lipinski definition) is 5. The molecule has 0 aliphatic rings. The molecular weight excluding hydrogens is 443 g/mol. The molecule has 0 aliphatic carbocycles. The number of thiazole rings is 1. The molecule has 0 bridgehead atoms. The molecule has 0 saturated heterocycles. The Labute approximate surface area is 178 Å². The van der Waals surface area contributed by atoms with Crippen LogP contribution in [-0.2, 0) is 6.61 Å². The van der Waals surface area contributed by atoms with Gasteiger partial charge < -0.3 is 15.2 Å². The van der Waals surface area contributed by atoms with Crippen LogP contribution in [0.2, 0.25) is 0 Å². The standard InChI is InChI=1S/C18H11F5N2O3S.C2H6/c19-11-5-6-13(16(20)15(11)17(24)26)27-7-14-25-12(8-29-14)9-1-3-10(4-2-9)28-18(21,22)23;1-2/h1-6,8H,7H2,(H2,24,26);1-2H3. The van der Waals surface area contributed by atoms with Gasteiger partial charge in [-0.2, -0.15) is 0 Å². The SMILES string of the molecule is CC.NC(=O)c1c(F)ccc(OCc2nc(-c3ccc(OC(F)(F)F)cc3)cs2)c1F. The van der Waals surface area contributed by atoms with Crippen LogP contribution in [-0.4, -0.2) is 17.3 Å². The van der Waals surface area contributed by atoms with Crippen LogP contribution in [0.3, 0.4) is 0 Å². The van der Waals surface area contributed by atoms with Gasteiger partial charge in [-0.15, -0.1) is 24.5 Å². The molecule has 2 aromatic carbocycles. The van der Waals surface area contributed by atoms with Crippen molar-refractivity contribution >= 4 is 17.2 Å². The molecule has 31 heavy (non-hydrogen) atoms. The topological polar surface area (TPSA) is 74.4 Å². The summed E-state index contributed by atoms with van der Waals surface area (Å²) >= 11 is 1.16. The molecule has 0 spiro atoms. The number of rotatable bonds is 6. The molecule has 0 atom stereocenters. The number of carbonyl (C=O) groups is 1. The second-order valence-corrected chi connectivity index (χ2v) is 6.53. The molecule has 3 rings (SSSR count). The first-order valence-electron chi connectivity index (χ1n) is 8.85. The van der Waals surface area contributed by atoms with Crippen LogP contribution in [0, 0.1) is 11.6 Å². The molecule has 0 unspecified atom stereocenters. The fourth-order valence-electron chi connectivity index (χ4n) is 2.35. The summed E-state index contributed by atoms with van der Waals surface area (Å²) < 4.78 is 73.2. The number of amides is 1. The van der Waals surface area contributed by atoms with Crippen LogP contribution in [0.5, 0.6) is 11.5 Å². The molecule has 0 radical (unpaired) electrons. The van der Waals surface area contributed by atoms with Gasteiger partial charge in [-0.3, -0.25) is 4.79 Å². The van der Waals surface area contributed by atoms with Gasteiger partial charge in [0.2, 0.25) is 0 Å². The maximum Gasteiger partial charge on any atom is 0.573 e. The van der Waals surface area contributed by atoms with E-state index in [0.717, 1.165) is 35.6 Å². The summed E-state index contributed by atoms with van der Waals surface area (Å²) in [5.74, 6) is -4.31. The molecule has 5 nitrogen and oxygen atoms in total. The maximum absolute atomic E-state index is 14.1. The fraction of sp³-hybridized carbons (Fsp3) is 0.200. The summed E-state index contributed by atoms with van der Waals surface area (Å²) in [5.41, 5.74) is 5.04. The molecule has 0 aliphatic heterocycles. The lowest BCUT2D eigenvalue weighted by atomic mass is 10.1. The molecule has 3 aromatic rings. The van der Waals surface area contributed by atoms with Crippen molar-refractivity contribution in [1.29, 1.82) is 0 Å². The van der Waals surface area contributed by atoms with Crippen LogP contribution in [0.4, 0.5) is 22.0 Å². The number of aromatic nitrogens is 1. The number of carbonyl (C=O) groups excluding carboxylic acids is 1. The van der Waals surface area contributed by atoms with Gasteiger partial charge in [-0.05, 0) is 36.4 Å². The average molecular weight is 460 g/mol. The number of primary amides is 1. The highest BCUT2D eigenvalue weighted by molar-refractivity contribution is 7.09. The van der Waals surface area contributed by atoms with Gasteiger partial charge in [0.15, 0.2) is 11.6 Å². The average Bonchev–Trinajstić information content (AvgIpc) is 3.17. The summed E-state index contributed by atoms with van der Waals surface area (Å²) in [6.07, 6.45) is -4.78. The Hall–Kier alpha value is -3.21. The normalized spacial score (nSPS) is 10.8. The van der Waals surface area contributed by atoms with Crippen molar-refractivity contribution in [2.45, 2.75) is 26.8 Å². The van der Waals surface area contributed by atoms with Crippen molar-refractivity contribution in [3.63, 3.8) is 0 Å². The van der Waals surface area contributed by atoms with E-state index >= 15 is 0 Å². The zero-order chi connectivity index (χ0) is 23.2. The summed E-state index contributed by atoms with van der Waals surface area (Å²) in [6.45, 7) is 3.82. The molecule has 0 fully saturated rings. The Morgan fingerprint density at radius 1 is 1.10 bits per heavy atom. The number of benzene rings is 2. The van der Waals surface area contributed by atoms with E-state index in [-0.39, 0.29) is 18.1 Å². The monoisotopic (exact) mass is 460 g/mol. The van der Waals surface area contributed by atoms with Gasteiger partial charge in [0, 0.05) is 10.9 Å². The highest BCUT2D eigenvalue weighted by Gasteiger charge is 2.31. The lowest BCUT2D eigenvalue weighted by Crippen LogP contribution is -2.16. The minimum absolute atomic E-state index is 0.180. The third-order valence-corrected chi connectivity index (χ3v) is 4.41. The zero-order valence-corrected chi connectivity index (χ0v) is 17.1. The first-order chi connectivity index (χ1) is 14.6. The molecule has 1 aromatic heterocycles. The molecular formula is C20H17F5N2O3S. The van der Waals surface area contributed by atoms with E-state index in [1.54, 1.807) is 5.38 Å². The largest absolute Gasteiger partial charge is 0.573 e. The Balaban J connectivity index is 0.00000166. The van der Waals surface area contributed by atoms with E-state index in [4.69, 9.17) is 10.5 Å². The van der Waals surface area contributed by atoms with Crippen molar-refractivity contribution in [3.05, 3.63) is 64.0 Å². The van der Waals surface area contributed by atoms with E-state index in [2.05, 4.69) is 9.72 Å². The number of alkyl halides is 3. The van der Waals surface area contributed by atoms with E-state index in [1.165, 1.54) is 12.1 Å². The Morgan fingerprint density at radius 3 is 2.32 bits per heavy atom. The van der Waals surface area contributed by atoms with Crippen LogP contribution in [0.1, 0.15) is 29.2 Å². The Morgan fingerprint density at radius 2 is 1.74 bits per heavy atom.